The number of nitrogens with zero attached hydrogens (tertiary/aromatic N) is 2. The lowest BCUT2D eigenvalue weighted by atomic mass is 12.8. The first-order chi connectivity index (χ1) is 2.77. The molecule has 0 rings (SSSR count). The van der Waals surface area contributed by atoms with Crippen molar-refractivity contribution < 1.29 is 0 Å². The van der Waals surface area contributed by atoms with Gasteiger partial charge in [-0.25, -0.2) is 0 Å². The summed E-state index contributed by atoms with van der Waals surface area (Å²) in [6.45, 7) is -1.00. The van der Waals surface area contributed by atoms with Gasteiger partial charge in [0, 0.05) is 0 Å². The summed E-state index contributed by atoms with van der Waals surface area (Å²) in [5, 5.41) is 2.76. The van der Waals surface area contributed by atoms with E-state index in [-0.39, 0.29) is 0 Å². The molecule has 0 aliphatic heterocycles. The molecule has 0 aliphatic rings. The summed E-state index contributed by atoms with van der Waals surface area (Å²) in [5.74, 6) is 0. The fraction of sp³-hybridized carbons (Fsp3) is 0. The maximum atomic E-state index is 6.15. The van der Waals surface area contributed by atoms with Gasteiger partial charge in [0.2, 0.25) is 0 Å². The number of nitrogens with one attached hydrogen (secondary N) is 1. The first-order valence-corrected chi connectivity index (χ1v) is 5.70. The predicted molar refractivity (Wildman–Crippen MR) is 34.6 cm³/mol. The summed E-state index contributed by atoms with van der Waals surface area (Å²) in [6, 6.07) is 0. The van der Waals surface area contributed by atoms with E-state index in [9.17, 15) is 0 Å². The Morgan fingerprint density at radius 3 is 2.33 bits per heavy atom. The molecular formula is H5N3P2S. The highest BCUT2D eigenvalue weighted by Crippen LogP contribution is 2.39. The molecule has 6 heavy (non-hydrogen) atoms. The molecular weight excluding hydrogens is 136 g/mol. The van der Waals surface area contributed by atoms with Crippen LogP contribution in [-0.4, -0.2) is 0 Å². The van der Waals surface area contributed by atoms with E-state index in [4.69, 9.17) is 5.53 Å². The van der Waals surface area contributed by atoms with Crippen molar-refractivity contribution in [1.82, 2.24) is 0 Å². The second-order valence-electron chi connectivity index (χ2n) is 0.558. The van der Waals surface area contributed by atoms with E-state index in [1.165, 1.54) is 0 Å². The van der Waals surface area contributed by atoms with Crippen LogP contribution in [-0.2, 0) is 0 Å². The first-order valence-electron chi connectivity index (χ1n) is 1.16. The fourth-order valence-corrected chi connectivity index (χ4v) is 0.461. The van der Waals surface area contributed by atoms with Gasteiger partial charge in [-0.05, 0) is 0 Å². The van der Waals surface area contributed by atoms with E-state index in [0.717, 1.165) is 0 Å². The molecule has 0 spiro atoms. The standard InChI is InChI=1S/H5N3P2S/c1-2-3-5(4)6/h5H,4H2,(H2,1,3,6). The highest BCUT2D eigenvalue weighted by atomic mass is 32.8. The molecule has 0 aromatic rings. The summed E-state index contributed by atoms with van der Waals surface area (Å²) in [5.41, 5.74) is 6.15. The van der Waals surface area contributed by atoms with Crippen LogP contribution in [0.5, 0.6) is 0 Å². The van der Waals surface area contributed by atoms with Gasteiger partial charge in [-0.3, -0.25) is 0 Å². The molecule has 0 saturated carbocycles. The molecule has 0 aromatic carbocycles. The molecule has 6 heteroatoms. The molecule has 0 fully saturated rings. The van der Waals surface area contributed by atoms with Gasteiger partial charge in [0.25, 0.3) is 0 Å². The fourth-order valence-electron chi connectivity index (χ4n) is 0.0512. The van der Waals surface area contributed by atoms with Gasteiger partial charge in [-0.2, -0.15) is 5.53 Å². The molecule has 2 atom stereocenters. The van der Waals surface area contributed by atoms with E-state index in [2.05, 4.69) is 31.3 Å². The van der Waals surface area contributed by atoms with E-state index in [1.807, 2.05) is 0 Å². The van der Waals surface area contributed by atoms with Crippen LogP contribution in [0.15, 0.2) is 10.1 Å². The minimum absolute atomic E-state index is 1.00. The van der Waals surface area contributed by atoms with Gasteiger partial charge >= 0.3 is 0 Å². The van der Waals surface area contributed by atoms with Crippen molar-refractivity contribution in [1.29, 1.82) is 5.53 Å². The van der Waals surface area contributed by atoms with Crippen LogP contribution < -0.4 is 0 Å². The maximum absolute atomic E-state index is 6.15. The Bertz CT molecular complexity index is 72.9. The SMILES string of the molecule is N=N/N=[PH](\P)S. The zero-order valence-electron chi connectivity index (χ0n) is 2.92. The molecule has 0 amide bonds. The Balaban J connectivity index is 3.41. The van der Waals surface area contributed by atoms with Crippen molar-refractivity contribution in [2.45, 2.75) is 0 Å². The number of rotatable bonds is 1. The normalized spacial score (nSPS) is 14.3. The number of thiol groups is 1. The molecule has 0 bridgehead atoms. The lowest BCUT2D eigenvalue weighted by Crippen LogP contribution is -1.24. The molecule has 36 valence electrons. The van der Waals surface area contributed by atoms with Crippen LogP contribution in [0.4, 0.5) is 0 Å². The van der Waals surface area contributed by atoms with Crippen molar-refractivity contribution >= 4 is 27.8 Å². The molecule has 0 saturated heterocycles. The van der Waals surface area contributed by atoms with E-state index in [0.29, 0.717) is 0 Å². The summed E-state index contributed by atoms with van der Waals surface area (Å²) >= 11 is 3.86. The second-order valence-corrected chi connectivity index (χ2v) is 5.95. The molecule has 2 unspecified atom stereocenters. The topological polar surface area (TPSA) is 48.6 Å². The van der Waals surface area contributed by atoms with Crippen LogP contribution in [0.2, 0.25) is 0 Å². The van der Waals surface area contributed by atoms with E-state index in [1.54, 1.807) is 0 Å². The second kappa shape index (κ2) is 3.79. The highest BCUT2D eigenvalue weighted by Gasteiger charge is 1.65. The van der Waals surface area contributed by atoms with Gasteiger partial charge in [-0.1, -0.05) is 14.2 Å². The summed E-state index contributed by atoms with van der Waals surface area (Å²) in [7, 11) is 2.36. The van der Waals surface area contributed by atoms with Gasteiger partial charge in [0.15, 0.2) is 0 Å². The number of hydrogen-bond donors (Lipinski definition) is 2. The molecule has 0 aromatic heterocycles. The quantitative estimate of drug-likeness (QED) is 0.243. The van der Waals surface area contributed by atoms with Crippen molar-refractivity contribution in [3.63, 3.8) is 0 Å². The Morgan fingerprint density at radius 1 is 1.83 bits per heavy atom. The highest BCUT2D eigenvalue weighted by molar-refractivity contribution is 8.60. The summed E-state index contributed by atoms with van der Waals surface area (Å²) in [4.78, 5) is 3.35. The number of hydrogen-bond acceptors (Lipinski definition) is 1. The zero-order chi connectivity index (χ0) is 4.99. The zero-order valence-corrected chi connectivity index (χ0v) is 5.97. The summed E-state index contributed by atoms with van der Waals surface area (Å²) in [6.07, 6.45) is 0. The summed E-state index contributed by atoms with van der Waals surface area (Å²) < 4.78 is 0. The lowest BCUT2D eigenvalue weighted by molar-refractivity contribution is 1.01. The Morgan fingerprint density at radius 2 is 2.33 bits per heavy atom. The van der Waals surface area contributed by atoms with E-state index < -0.39 is 6.60 Å². The minimum atomic E-state index is -1.00. The Hall–Kier alpha value is 0.610. The third-order valence-electron chi connectivity index (χ3n) is 0.152. The Labute approximate surface area is 44.1 Å². The van der Waals surface area contributed by atoms with Crippen molar-refractivity contribution in [3.8, 4) is 0 Å². The molecule has 3 nitrogen and oxygen atoms in total. The predicted octanol–water partition coefficient (Wildman–Crippen LogP) is 1.97. The van der Waals surface area contributed by atoms with Gasteiger partial charge in [0.05, 0.1) is 6.60 Å². The van der Waals surface area contributed by atoms with Crippen LogP contribution in [0.25, 0.3) is 0 Å². The van der Waals surface area contributed by atoms with Gasteiger partial charge < -0.3 is 0 Å². The smallest absolute Gasteiger partial charge is 0.0539 e. The molecule has 0 radical (unpaired) electrons. The van der Waals surface area contributed by atoms with Gasteiger partial charge in [-0.15, -0.1) is 17.1 Å². The van der Waals surface area contributed by atoms with Crippen LogP contribution in [0.1, 0.15) is 0 Å². The van der Waals surface area contributed by atoms with E-state index >= 15 is 0 Å². The van der Waals surface area contributed by atoms with Crippen LogP contribution in [0, 0.1) is 5.53 Å². The van der Waals surface area contributed by atoms with Crippen molar-refractivity contribution in [3.05, 3.63) is 0 Å². The van der Waals surface area contributed by atoms with Crippen molar-refractivity contribution in [2.24, 2.45) is 10.1 Å². The monoisotopic (exact) mass is 141 g/mol. The third-order valence-corrected chi connectivity index (χ3v) is 1.07. The average Bonchev–Trinajstić information content (AvgIpc) is 1.35. The third kappa shape index (κ3) is 4.61. The minimum Gasteiger partial charge on any atom is -0.185 e. The Kier molecular flexibility index (Phi) is 4.17. The average molecular weight is 141 g/mol. The molecule has 1 N–H and O–H groups in total. The van der Waals surface area contributed by atoms with Gasteiger partial charge in [0.1, 0.15) is 0 Å². The van der Waals surface area contributed by atoms with Crippen LogP contribution in [0.3, 0.4) is 0 Å². The van der Waals surface area contributed by atoms with Crippen molar-refractivity contribution in [2.75, 3.05) is 0 Å². The maximum Gasteiger partial charge on any atom is 0.0539 e. The lowest BCUT2D eigenvalue weighted by Gasteiger charge is -1.74. The first kappa shape index (κ1) is 6.61. The van der Waals surface area contributed by atoms with Crippen LogP contribution >= 0.6 is 27.8 Å². The largest absolute Gasteiger partial charge is 0.185 e. The molecule has 0 heterocycles. The molecule has 0 aliphatic carbocycles.